The molecule has 0 saturated carbocycles. The fourth-order valence-electron chi connectivity index (χ4n) is 2.79. The van der Waals surface area contributed by atoms with Crippen LogP contribution in [0.1, 0.15) is 39.2 Å². The van der Waals surface area contributed by atoms with E-state index in [4.69, 9.17) is 0 Å². The Labute approximate surface area is 119 Å². The lowest BCUT2D eigenvalue weighted by molar-refractivity contribution is -0.0415. The van der Waals surface area contributed by atoms with Gasteiger partial charge < -0.3 is 5.11 Å². The second kappa shape index (κ2) is 5.41. The van der Waals surface area contributed by atoms with Crippen molar-refractivity contribution < 1.29 is 13.9 Å². The van der Waals surface area contributed by atoms with Gasteiger partial charge in [0.1, 0.15) is 11.6 Å². The Bertz CT molecular complexity index is 474. The van der Waals surface area contributed by atoms with Crippen LogP contribution in [0.2, 0.25) is 0 Å². The Balaban J connectivity index is 2.03. The van der Waals surface area contributed by atoms with Crippen LogP contribution in [0.3, 0.4) is 0 Å². The van der Waals surface area contributed by atoms with E-state index in [2.05, 4.69) is 25.7 Å². The zero-order valence-electron chi connectivity index (χ0n) is 12.4. The molecule has 20 heavy (non-hydrogen) atoms. The number of rotatable bonds is 2. The maximum Gasteiger partial charge on any atom is 0.129 e. The third-order valence-corrected chi connectivity index (χ3v) is 4.18. The van der Waals surface area contributed by atoms with Crippen molar-refractivity contribution in [2.45, 2.75) is 51.2 Å². The van der Waals surface area contributed by atoms with Crippen LogP contribution in [0.15, 0.2) is 18.2 Å². The van der Waals surface area contributed by atoms with E-state index >= 15 is 0 Å². The highest BCUT2D eigenvalue weighted by molar-refractivity contribution is 5.21. The molecule has 1 N–H and O–H groups in total. The van der Waals surface area contributed by atoms with Crippen LogP contribution in [-0.4, -0.2) is 34.2 Å². The predicted molar refractivity (Wildman–Crippen MR) is 75.6 cm³/mol. The van der Waals surface area contributed by atoms with E-state index in [1.54, 1.807) is 0 Å². The molecule has 4 heteroatoms. The molecule has 0 bridgehead atoms. The highest BCUT2D eigenvalue weighted by Crippen LogP contribution is 2.30. The molecule has 0 amide bonds. The Morgan fingerprint density at radius 2 is 1.80 bits per heavy atom. The van der Waals surface area contributed by atoms with Crippen molar-refractivity contribution in [3.63, 3.8) is 0 Å². The molecule has 0 radical (unpaired) electrons. The normalized spacial score (nSPS) is 20.1. The zero-order chi connectivity index (χ0) is 15.0. The van der Waals surface area contributed by atoms with Gasteiger partial charge in [0.05, 0.1) is 5.60 Å². The largest absolute Gasteiger partial charge is 0.389 e. The maximum atomic E-state index is 13.7. The van der Waals surface area contributed by atoms with Crippen LogP contribution in [0.4, 0.5) is 8.78 Å². The molecule has 0 aliphatic carbocycles. The Morgan fingerprint density at radius 1 is 1.20 bits per heavy atom. The van der Waals surface area contributed by atoms with E-state index in [0.717, 1.165) is 19.2 Å². The van der Waals surface area contributed by atoms with Crippen molar-refractivity contribution in [2.75, 3.05) is 13.1 Å². The smallest absolute Gasteiger partial charge is 0.129 e. The van der Waals surface area contributed by atoms with E-state index in [-0.39, 0.29) is 12.0 Å². The van der Waals surface area contributed by atoms with Crippen molar-refractivity contribution in [3.8, 4) is 0 Å². The maximum absolute atomic E-state index is 13.7. The molecule has 2 rings (SSSR count). The lowest BCUT2D eigenvalue weighted by Crippen LogP contribution is -2.52. The van der Waals surface area contributed by atoms with Crippen LogP contribution in [0.25, 0.3) is 0 Å². The summed E-state index contributed by atoms with van der Waals surface area (Å²) in [7, 11) is 0. The summed E-state index contributed by atoms with van der Waals surface area (Å²) < 4.78 is 26.6. The molecule has 1 heterocycles. The van der Waals surface area contributed by atoms with Gasteiger partial charge in [-0.1, -0.05) is 6.07 Å². The average Bonchev–Trinajstić information content (AvgIpc) is 2.32. The summed E-state index contributed by atoms with van der Waals surface area (Å²) in [4.78, 5) is 2.32. The van der Waals surface area contributed by atoms with Gasteiger partial charge in [0.2, 0.25) is 0 Å². The molecule has 1 aliphatic heterocycles. The fraction of sp³-hybridized carbons (Fsp3) is 0.625. The first kappa shape index (κ1) is 15.4. The highest BCUT2D eigenvalue weighted by Gasteiger charge is 2.36. The first-order valence-corrected chi connectivity index (χ1v) is 7.11. The quantitative estimate of drug-likeness (QED) is 0.901. The van der Waals surface area contributed by atoms with Crippen LogP contribution < -0.4 is 0 Å². The number of likely N-dealkylation sites (tertiary alicyclic amines) is 1. The SMILES string of the molecule is CC(C)(C)N1CCC(O)(Cc2ccc(F)cc2F)CC1. The molecular weight excluding hydrogens is 260 g/mol. The Kier molecular flexibility index (Phi) is 4.17. The zero-order valence-corrected chi connectivity index (χ0v) is 12.4. The number of hydrogen-bond acceptors (Lipinski definition) is 2. The van der Waals surface area contributed by atoms with Gasteiger partial charge in [-0.05, 0) is 45.2 Å². The van der Waals surface area contributed by atoms with Crippen LogP contribution in [-0.2, 0) is 6.42 Å². The summed E-state index contributed by atoms with van der Waals surface area (Å²) in [6.45, 7) is 8.04. The fourth-order valence-corrected chi connectivity index (χ4v) is 2.79. The Hall–Kier alpha value is -1.00. The van der Waals surface area contributed by atoms with Gasteiger partial charge in [-0.3, -0.25) is 4.90 Å². The molecule has 1 saturated heterocycles. The topological polar surface area (TPSA) is 23.5 Å². The molecule has 1 aliphatic rings. The van der Waals surface area contributed by atoms with E-state index in [1.165, 1.54) is 12.1 Å². The molecule has 1 aromatic carbocycles. The molecule has 0 atom stereocenters. The van der Waals surface area contributed by atoms with Gasteiger partial charge in [0, 0.05) is 31.1 Å². The van der Waals surface area contributed by atoms with Gasteiger partial charge >= 0.3 is 0 Å². The summed E-state index contributed by atoms with van der Waals surface area (Å²) in [6, 6.07) is 3.55. The van der Waals surface area contributed by atoms with Crippen molar-refractivity contribution >= 4 is 0 Å². The second-order valence-corrected chi connectivity index (χ2v) is 6.79. The number of aliphatic hydroxyl groups is 1. The van der Waals surface area contributed by atoms with E-state index in [9.17, 15) is 13.9 Å². The minimum atomic E-state index is -0.888. The summed E-state index contributed by atoms with van der Waals surface area (Å²) in [5.74, 6) is -1.16. The van der Waals surface area contributed by atoms with E-state index < -0.39 is 17.2 Å². The first-order valence-electron chi connectivity index (χ1n) is 7.11. The van der Waals surface area contributed by atoms with E-state index in [0.29, 0.717) is 18.4 Å². The van der Waals surface area contributed by atoms with Crippen molar-refractivity contribution in [2.24, 2.45) is 0 Å². The summed E-state index contributed by atoms with van der Waals surface area (Å²) in [5.41, 5.74) is -0.416. The van der Waals surface area contributed by atoms with Gasteiger partial charge in [-0.15, -0.1) is 0 Å². The van der Waals surface area contributed by atoms with Crippen LogP contribution >= 0.6 is 0 Å². The monoisotopic (exact) mass is 283 g/mol. The van der Waals surface area contributed by atoms with Gasteiger partial charge in [-0.25, -0.2) is 8.78 Å². The predicted octanol–water partition coefficient (Wildman–Crippen LogP) is 3.13. The van der Waals surface area contributed by atoms with Crippen molar-refractivity contribution in [1.82, 2.24) is 4.90 Å². The van der Waals surface area contributed by atoms with E-state index in [1.807, 2.05) is 0 Å². The number of benzene rings is 1. The van der Waals surface area contributed by atoms with Gasteiger partial charge in [0.15, 0.2) is 0 Å². The standard InChI is InChI=1S/C16H23F2NO/c1-15(2,3)19-8-6-16(20,7-9-19)11-12-4-5-13(17)10-14(12)18/h4-5,10,20H,6-9,11H2,1-3H3. The number of hydrogen-bond donors (Lipinski definition) is 1. The molecule has 1 aromatic rings. The molecule has 2 nitrogen and oxygen atoms in total. The van der Waals surface area contributed by atoms with Gasteiger partial charge in [-0.2, -0.15) is 0 Å². The van der Waals surface area contributed by atoms with Crippen molar-refractivity contribution in [1.29, 1.82) is 0 Å². The first-order chi connectivity index (χ1) is 9.20. The molecule has 112 valence electrons. The number of piperidine rings is 1. The van der Waals surface area contributed by atoms with Gasteiger partial charge in [0.25, 0.3) is 0 Å². The minimum Gasteiger partial charge on any atom is -0.389 e. The van der Waals surface area contributed by atoms with Crippen molar-refractivity contribution in [3.05, 3.63) is 35.4 Å². The average molecular weight is 283 g/mol. The molecular formula is C16H23F2NO. The summed E-state index contributed by atoms with van der Waals surface area (Å²) >= 11 is 0. The summed E-state index contributed by atoms with van der Waals surface area (Å²) in [6.07, 6.45) is 1.47. The minimum absolute atomic E-state index is 0.0858. The second-order valence-electron chi connectivity index (χ2n) is 6.79. The molecule has 1 fully saturated rings. The molecule has 0 spiro atoms. The lowest BCUT2D eigenvalue weighted by Gasteiger charge is -2.44. The molecule has 0 unspecified atom stereocenters. The van der Waals surface area contributed by atoms with Crippen LogP contribution in [0.5, 0.6) is 0 Å². The Morgan fingerprint density at radius 3 is 2.30 bits per heavy atom. The molecule has 0 aromatic heterocycles. The van der Waals surface area contributed by atoms with Crippen LogP contribution in [0, 0.1) is 11.6 Å². The third-order valence-electron chi connectivity index (χ3n) is 4.18. The lowest BCUT2D eigenvalue weighted by atomic mass is 9.84. The highest BCUT2D eigenvalue weighted by atomic mass is 19.1. The third kappa shape index (κ3) is 3.55. The summed E-state index contributed by atoms with van der Waals surface area (Å²) in [5, 5.41) is 10.6. The number of nitrogens with zero attached hydrogens (tertiary/aromatic N) is 1. The number of halogens is 2.